The Morgan fingerprint density at radius 2 is 1.67 bits per heavy atom. The maximum Gasteiger partial charge on any atom is 0.234 e. The number of carbonyl (C=O) groups excluding carboxylic acids is 2. The minimum absolute atomic E-state index is 0.000271. The van der Waals surface area contributed by atoms with Crippen LogP contribution < -0.4 is 0 Å². The van der Waals surface area contributed by atoms with Crippen LogP contribution in [0.25, 0.3) is 11.6 Å². The summed E-state index contributed by atoms with van der Waals surface area (Å²) in [6.07, 6.45) is 5.47. The lowest BCUT2D eigenvalue weighted by atomic mass is 9.67. The average molecular weight is 649 g/mol. The molecule has 6 nitrogen and oxygen atoms in total. The number of carbonyl (C=O) groups is 2. The number of phenols is 1. The Balaban J connectivity index is 1.08. The van der Waals surface area contributed by atoms with Crippen molar-refractivity contribution in [3.05, 3.63) is 113 Å². The Morgan fingerprint density at radius 3 is 2.35 bits per heavy atom. The van der Waals surface area contributed by atoms with Crippen molar-refractivity contribution in [1.29, 1.82) is 0 Å². The Bertz CT molecular complexity index is 1710. The molecular weight excluding hydrogens is 603 g/mol. The second-order valence-electron chi connectivity index (χ2n) is 14.2. The van der Waals surface area contributed by atoms with Crippen molar-refractivity contribution < 1.29 is 23.8 Å². The summed E-state index contributed by atoms with van der Waals surface area (Å²) in [5, 5.41) is 9.70. The summed E-state index contributed by atoms with van der Waals surface area (Å²) in [6, 6.07) is 24.9. The molecule has 250 valence electrons. The summed E-state index contributed by atoms with van der Waals surface area (Å²) in [6.45, 7) is 7.45. The number of piperidine rings is 1. The molecule has 3 heterocycles. The van der Waals surface area contributed by atoms with Gasteiger partial charge in [0.15, 0.2) is 11.6 Å². The van der Waals surface area contributed by atoms with Gasteiger partial charge in [0.2, 0.25) is 11.8 Å². The number of nitrogens with zero attached hydrogens (tertiary/aromatic N) is 2. The normalized spacial score (nSPS) is 25.2. The molecule has 3 aromatic rings. The summed E-state index contributed by atoms with van der Waals surface area (Å²) in [5.74, 6) is -1.50. The van der Waals surface area contributed by atoms with Gasteiger partial charge < -0.3 is 9.84 Å². The fourth-order valence-electron chi connectivity index (χ4n) is 8.57. The van der Waals surface area contributed by atoms with E-state index in [4.69, 9.17) is 4.74 Å². The number of allylic oxidation sites excluding steroid dienone is 2. The van der Waals surface area contributed by atoms with Crippen LogP contribution in [-0.4, -0.2) is 58.6 Å². The van der Waals surface area contributed by atoms with Crippen molar-refractivity contribution in [2.45, 2.75) is 64.6 Å². The molecule has 2 amide bonds. The molecule has 0 radical (unpaired) electrons. The molecule has 7 rings (SSSR count). The standard InChI is InChI=1S/C41H45FN2O4/c1-26(2)32-23-33-39(41(47)44(40(33)46)31-17-19-43(20-18-31)24-27-9-5-3-6-10-27)34-25-48-37(38(32)34)16-14-30(29-11-7-4-8-12-29)21-28-13-15-36(45)35(42)22-28/h3-13,15,21-22,26,31,33-34,37,39,45H,14,16-20,23-25H2,1-2H3/b30-21-/t33-,34+,37-,39-/m1/s1. The quantitative estimate of drug-likeness (QED) is 0.148. The van der Waals surface area contributed by atoms with Gasteiger partial charge in [-0.1, -0.05) is 92.2 Å². The van der Waals surface area contributed by atoms with E-state index >= 15 is 0 Å². The van der Waals surface area contributed by atoms with Gasteiger partial charge in [0, 0.05) is 31.6 Å². The number of rotatable bonds is 9. The van der Waals surface area contributed by atoms with E-state index in [0.29, 0.717) is 31.4 Å². The number of imide groups is 1. The van der Waals surface area contributed by atoms with Crippen LogP contribution >= 0.6 is 0 Å². The second-order valence-corrected chi connectivity index (χ2v) is 14.2. The third-order valence-corrected chi connectivity index (χ3v) is 11.0. The van der Waals surface area contributed by atoms with E-state index in [2.05, 4.69) is 55.1 Å². The molecule has 0 saturated carbocycles. The molecule has 1 aliphatic carbocycles. The monoisotopic (exact) mass is 648 g/mol. The lowest BCUT2D eigenvalue weighted by molar-refractivity contribution is -0.144. The first-order valence-electron chi connectivity index (χ1n) is 17.5. The van der Waals surface area contributed by atoms with Gasteiger partial charge in [-0.25, -0.2) is 4.39 Å². The molecule has 0 aromatic heterocycles. The van der Waals surface area contributed by atoms with E-state index in [0.717, 1.165) is 43.6 Å². The molecule has 0 bridgehead atoms. The lowest BCUT2D eigenvalue weighted by Crippen LogP contribution is -2.47. The highest BCUT2D eigenvalue weighted by atomic mass is 19.1. The number of aromatic hydroxyl groups is 1. The first kappa shape index (κ1) is 32.5. The molecule has 1 N–H and O–H groups in total. The van der Waals surface area contributed by atoms with Crippen molar-refractivity contribution in [3.8, 4) is 5.75 Å². The van der Waals surface area contributed by atoms with E-state index in [9.17, 15) is 19.1 Å². The first-order valence-corrected chi connectivity index (χ1v) is 17.5. The van der Waals surface area contributed by atoms with Gasteiger partial charge in [0.25, 0.3) is 0 Å². The number of ether oxygens (including phenoxy) is 1. The third-order valence-electron chi connectivity index (χ3n) is 11.0. The number of amides is 2. The number of likely N-dealkylation sites (tertiary alicyclic amines) is 2. The van der Waals surface area contributed by atoms with Crippen LogP contribution in [0, 0.1) is 29.5 Å². The van der Waals surface area contributed by atoms with Crippen molar-refractivity contribution in [2.75, 3.05) is 19.7 Å². The van der Waals surface area contributed by atoms with Crippen molar-refractivity contribution in [3.63, 3.8) is 0 Å². The van der Waals surface area contributed by atoms with Crippen molar-refractivity contribution in [1.82, 2.24) is 9.80 Å². The number of benzene rings is 3. The zero-order chi connectivity index (χ0) is 33.4. The topological polar surface area (TPSA) is 70.1 Å². The highest BCUT2D eigenvalue weighted by Crippen LogP contribution is 2.52. The molecular formula is C41H45FN2O4. The van der Waals surface area contributed by atoms with Crippen molar-refractivity contribution >= 4 is 23.5 Å². The second kappa shape index (κ2) is 13.8. The Labute approximate surface area is 282 Å². The van der Waals surface area contributed by atoms with Gasteiger partial charge in [-0.2, -0.15) is 0 Å². The fourth-order valence-corrected chi connectivity index (χ4v) is 8.57. The fraction of sp³-hybridized carbons (Fsp3) is 0.415. The summed E-state index contributed by atoms with van der Waals surface area (Å²) < 4.78 is 20.7. The van der Waals surface area contributed by atoms with Gasteiger partial charge in [0.1, 0.15) is 0 Å². The van der Waals surface area contributed by atoms with Gasteiger partial charge in [-0.3, -0.25) is 19.4 Å². The number of fused-ring (bicyclic) bond motifs is 3. The van der Waals surface area contributed by atoms with E-state index in [1.165, 1.54) is 28.8 Å². The predicted octanol–water partition coefficient (Wildman–Crippen LogP) is 7.49. The van der Waals surface area contributed by atoms with E-state index in [-0.39, 0.29) is 53.4 Å². The minimum atomic E-state index is -0.649. The largest absolute Gasteiger partial charge is 0.505 e. The highest BCUT2D eigenvalue weighted by molar-refractivity contribution is 6.06. The minimum Gasteiger partial charge on any atom is -0.505 e. The van der Waals surface area contributed by atoms with Crippen LogP contribution in [0.5, 0.6) is 5.75 Å². The summed E-state index contributed by atoms with van der Waals surface area (Å²) in [7, 11) is 0. The highest BCUT2D eigenvalue weighted by Gasteiger charge is 2.58. The number of halogens is 1. The molecule has 3 aromatic carbocycles. The van der Waals surface area contributed by atoms with Crippen LogP contribution in [-0.2, 0) is 20.9 Å². The van der Waals surface area contributed by atoms with Crippen LogP contribution in [0.2, 0.25) is 0 Å². The van der Waals surface area contributed by atoms with Gasteiger partial charge in [-0.05, 0) is 78.0 Å². The van der Waals surface area contributed by atoms with E-state index in [1.54, 1.807) is 11.0 Å². The molecule has 3 fully saturated rings. The summed E-state index contributed by atoms with van der Waals surface area (Å²) in [5.41, 5.74) is 6.56. The predicted molar refractivity (Wildman–Crippen MR) is 185 cm³/mol. The molecule has 48 heavy (non-hydrogen) atoms. The smallest absolute Gasteiger partial charge is 0.234 e. The molecule has 3 saturated heterocycles. The zero-order valence-electron chi connectivity index (χ0n) is 27.9. The van der Waals surface area contributed by atoms with Crippen LogP contribution in [0.4, 0.5) is 4.39 Å². The Hall–Kier alpha value is -4.07. The molecule has 3 aliphatic heterocycles. The van der Waals surface area contributed by atoms with Crippen LogP contribution in [0.3, 0.4) is 0 Å². The van der Waals surface area contributed by atoms with Crippen molar-refractivity contribution in [2.24, 2.45) is 23.7 Å². The van der Waals surface area contributed by atoms with Gasteiger partial charge >= 0.3 is 0 Å². The maximum atomic E-state index is 14.2. The number of hydrogen-bond donors (Lipinski definition) is 1. The molecule has 7 heteroatoms. The van der Waals surface area contributed by atoms with E-state index in [1.807, 2.05) is 30.3 Å². The Kier molecular flexibility index (Phi) is 9.34. The molecule has 0 unspecified atom stereocenters. The SMILES string of the molecule is CC(C)C1=C2[C@@H](CC/C(=C/c3ccc(O)c(F)c3)c3ccccc3)OC[C@@H]2[C@@H]2C(=O)N(C3CCN(Cc4ccccc4)CC3)C(=O)[C@@H]2C1. The molecule has 0 spiro atoms. The molecule has 4 atom stereocenters. The Morgan fingerprint density at radius 1 is 0.958 bits per heavy atom. The maximum absolute atomic E-state index is 14.2. The third kappa shape index (κ3) is 6.38. The molecule has 4 aliphatic rings. The van der Waals surface area contributed by atoms with E-state index < -0.39 is 5.82 Å². The summed E-state index contributed by atoms with van der Waals surface area (Å²) >= 11 is 0. The van der Waals surface area contributed by atoms with Crippen LogP contribution in [0.1, 0.15) is 62.6 Å². The first-order chi connectivity index (χ1) is 23.3. The van der Waals surface area contributed by atoms with Crippen LogP contribution in [0.15, 0.2) is 90.0 Å². The van der Waals surface area contributed by atoms with Gasteiger partial charge in [-0.15, -0.1) is 0 Å². The number of hydrogen-bond acceptors (Lipinski definition) is 5. The summed E-state index contributed by atoms with van der Waals surface area (Å²) in [4.78, 5) is 32.3. The lowest BCUT2D eigenvalue weighted by Gasteiger charge is -2.36. The zero-order valence-corrected chi connectivity index (χ0v) is 27.9. The average Bonchev–Trinajstić information content (AvgIpc) is 3.63. The van der Waals surface area contributed by atoms with Gasteiger partial charge in [0.05, 0.1) is 24.5 Å². The number of phenolic OH excluding ortho intramolecular Hbond substituents is 1.